The zero-order chi connectivity index (χ0) is 15.9. The number of aromatic nitrogens is 1. The number of benzene rings is 1. The van der Waals surface area contributed by atoms with Gasteiger partial charge >= 0.3 is 12.3 Å². The molecule has 1 aliphatic heterocycles. The van der Waals surface area contributed by atoms with Crippen molar-refractivity contribution in [2.24, 2.45) is 0 Å². The first-order chi connectivity index (χ1) is 10.4. The van der Waals surface area contributed by atoms with E-state index >= 15 is 0 Å². The van der Waals surface area contributed by atoms with Gasteiger partial charge in [0.25, 0.3) is 0 Å². The third-order valence-electron chi connectivity index (χ3n) is 3.09. The quantitative estimate of drug-likeness (QED) is 0.757. The van der Waals surface area contributed by atoms with Crippen LogP contribution in [0.15, 0.2) is 34.1 Å². The second-order valence-corrected chi connectivity index (χ2v) is 6.28. The molecule has 22 heavy (non-hydrogen) atoms. The van der Waals surface area contributed by atoms with E-state index in [4.69, 9.17) is 0 Å². The van der Waals surface area contributed by atoms with Crippen molar-refractivity contribution < 1.29 is 22.7 Å². The molecule has 116 valence electrons. The zero-order valence-electron chi connectivity index (χ0n) is 10.8. The topological polar surface area (TPSA) is 42.4 Å². The molecule has 0 radical (unpaired) electrons. The summed E-state index contributed by atoms with van der Waals surface area (Å²) in [5, 5.41) is 1.58. The Morgan fingerprint density at radius 1 is 1.32 bits per heavy atom. The molecule has 0 aliphatic carbocycles. The Kier molecular flexibility index (Phi) is 3.85. The average Bonchev–Trinajstić information content (AvgIpc) is 3.05. The maximum Gasteiger partial charge on any atom is 0.416 e. The van der Waals surface area contributed by atoms with E-state index in [1.54, 1.807) is 29.6 Å². The van der Waals surface area contributed by atoms with Crippen LogP contribution in [0.25, 0.3) is 11.3 Å². The molecule has 9 heteroatoms. The molecule has 1 aliphatic rings. The fourth-order valence-electron chi connectivity index (χ4n) is 2.00. The van der Waals surface area contributed by atoms with Crippen LogP contribution < -0.4 is 4.90 Å². The molecule has 2 heterocycles. The fraction of sp³-hybridized carbons (Fsp3) is 0.231. The number of carbonyl (C=O) groups excluding carboxylic acids is 1. The largest absolute Gasteiger partial charge is 0.447 e. The highest BCUT2D eigenvalue weighted by atomic mass is 79.9. The van der Waals surface area contributed by atoms with E-state index in [9.17, 15) is 18.0 Å². The van der Waals surface area contributed by atoms with E-state index in [1.165, 1.54) is 0 Å². The number of amides is 1. The van der Waals surface area contributed by atoms with Crippen LogP contribution in [0, 0.1) is 0 Å². The van der Waals surface area contributed by atoms with Crippen LogP contribution in [-0.2, 0) is 4.74 Å². The number of ether oxygens (including phenoxy) is 1. The summed E-state index contributed by atoms with van der Waals surface area (Å²) in [6.45, 7) is -0.713. The fourth-order valence-corrected chi connectivity index (χ4v) is 3.14. The third kappa shape index (κ3) is 2.82. The van der Waals surface area contributed by atoms with Gasteiger partial charge in [-0.2, -0.15) is 13.2 Å². The van der Waals surface area contributed by atoms with Crippen LogP contribution in [0.2, 0.25) is 0 Å². The van der Waals surface area contributed by atoms with Gasteiger partial charge in [-0.3, -0.25) is 0 Å². The van der Waals surface area contributed by atoms with Crippen molar-refractivity contribution in [3.63, 3.8) is 0 Å². The zero-order valence-corrected chi connectivity index (χ0v) is 13.2. The number of cyclic esters (lactones) is 1. The van der Waals surface area contributed by atoms with E-state index in [-0.39, 0.29) is 5.13 Å². The number of hydrogen-bond acceptors (Lipinski definition) is 4. The van der Waals surface area contributed by atoms with Gasteiger partial charge in [-0.15, -0.1) is 11.3 Å². The van der Waals surface area contributed by atoms with E-state index in [1.807, 2.05) is 0 Å². The number of hydrogen-bond donors (Lipinski definition) is 0. The number of thiazole rings is 1. The SMILES string of the molecule is O=C1OCC(C(F)(F)F)N1c1nc(-c2ccc(Br)cc2)cs1. The number of anilines is 1. The second kappa shape index (κ2) is 5.54. The number of carbonyl (C=O) groups is 1. The maximum absolute atomic E-state index is 12.9. The van der Waals surface area contributed by atoms with E-state index < -0.39 is 24.9 Å². The van der Waals surface area contributed by atoms with Gasteiger partial charge in [0.1, 0.15) is 6.61 Å². The number of nitrogens with zero attached hydrogens (tertiary/aromatic N) is 2. The van der Waals surface area contributed by atoms with Crippen molar-refractivity contribution in [2.45, 2.75) is 12.2 Å². The standard InChI is InChI=1S/C13H8BrF3N2O2S/c14-8-3-1-7(2-4-8)9-6-22-11(18-9)19-10(13(15,16)17)5-21-12(19)20/h1-4,6,10H,5H2. The monoisotopic (exact) mass is 392 g/mol. The summed E-state index contributed by atoms with van der Waals surface area (Å²) >= 11 is 4.27. The van der Waals surface area contributed by atoms with Crippen molar-refractivity contribution >= 4 is 38.5 Å². The van der Waals surface area contributed by atoms with Gasteiger partial charge in [-0.1, -0.05) is 28.1 Å². The van der Waals surface area contributed by atoms with Crippen LogP contribution in [0.5, 0.6) is 0 Å². The number of halogens is 4. The van der Waals surface area contributed by atoms with Crippen molar-refractivity contribution in [1.29, 1.82) is 0 Å². The summed E-state index contributed by atoms with van der Waals surface area (Å²) in [6.07, 6.45) is -5.59. The molecule has 4 nitrogen and oxygen atoms in total. The van der Waals surface area contributed by atoms with E-state index in [0.717, 1.165) is 21.4 Å². The summed E-state index contributed by atoms with van der Waals surface area (Å²) in [5.74, 6) is 0. The van der Waals surface area contributed by atoms with E-state index in [0.29, 0.717) is 10.6 Å². The van der Waals surface area contributed by atoms with Crippen molar-refractivity contribution in [3.05, 3.63) is 34.1 Å². The summed E-state index contributed by atoms with van der Waals surface area (Å²) < 4.78 is 44.2. The highest BCUT2D eigenvalue weighted by Gasteiger charge is 2.52. The normalized spacial score (nSPS) is 18.6. The van der Waals surface area contributed by atoms with Crippen molar-refractivity contribution in [2.75, 3.05) is 11.5 Å². The molecule has 1 saturated heterocycles. The Labute approximate surface area is 135 Å². The molecule has 2 aromatic rings. The lowest BCUT2D eigenvalue weighted by Gasteiger charge is -2.20. The smallest absolute Gasteiger partial charge is 0.416 e. The van der Waals surface area contributed by atoms with E-state index in [2.05, 4.69) is 25.7 Å². The molecule has 1 amide bonds. The van der Waals surface area contributed by atoms with Gasteiger partial charge in [-0.05, 0) is 12.1 Å². The Morgan fingerprint density at radius 2 is 2.00 bits per heavy atom. The van der Waals surface area contributed by atoms with Gasteiger partial charge in [0.05, 0.1) is 5.69 Å². The first kappa shape index (κ1) is 15.3. The third-order valence-corrected chi connectivity index (χ3v) is 4.46. The van der Waals surface area contributed by atoms with Crippen LogP contribution in [0.1, 0.15) is 0 Å². The van der Waals surface area contributed by atoms with Gasteiger partial charge < -0.3 is 4.74 Å². The first-order valence-corrected chi connectivity index (χ1v) is 7.77. The summed E-state index contributed by atoms with van der Waals surface area (Å²) in [6, 6.07) is 5.18. The molecule has 1 unspecified atom stereocenters. The summed E-state index contributed by atoms with van der Waals surface area (Å²) in [4.78, 5) is 16.3. The predicted octanol–water partition coefficient (Wildman–Crippen LogP) is 4.46. The van der Waals surface area contributed by atoms with Crippen LogP contribution >= 0.6 is 27.3 Å². The molecule has 0 spiro atoms. The molecule has 3 rings (SSSR count). The Hall–Kier alpha value is -1.61. The summed E-state index contributed by atoms with van der Waals surface area (Å²) in [5.41, 5.74) is 1.26. The van der Waals surface area contributed by atoms with Crippen LogP contribution in [-0.4, -0.2) is 29.9 Å². The molecule has 1 fully saturated rings. The predicted molar refractivity (Wildman–Crippen MR) is 78.9 cm³/mol. The highest BCUT2D eigenvalue weighted by Crippen LogP contribution is 2.36. The molecule has 1 aromatic heterocycles. The molecule has 0 N–H and O–H groups in total. The molecule has 1 aromatic carbocycles. The lowest BCUT2D eigenvalue weighted by molar-refractivity contribution is -0.147. The Bertz CT molecular complexity index is 702. The van der Waals surface area contributed by atoms with Crippen LogP contribution in [0.3, 0.4) is 0 Å². The lowest BCUT2D eigenvalue weighted by Crippen LogP contribution is -2.44. The first-order valence-electron chi connectivity index (χ1n) is 6.10. The minimum absolute atomic E-state index is 0.0252. The van der Waals surface area contributed by atoms with Gasteiger partial charge in [0, 0.05) is 15.4 Å². The Balaban J connectivity index is 1.92. The van der Waals surface area contributed by atoms with Crippen molar-refractivity contribution in [3.8, 4) is 11.3 Å². The summed E-state index contributed by atoms with van der Waals surface area (Å²) in [7, 11) is 0. The second-order valence-electron chi connectivity index (χ2n) is 4.53. The van der Waals surface area contributed by atoms with Gasteiger partial charge in [-0.25, -0.2) is 14.7 Å². The molecule has 0 saturated carbocycles. The van der Waals surface area contributed by atoms with Crippen LogP contribution in [0.4, 0.5) is 23.1 Å². The average molecular weight is 393 g/mol. The Morgan fingerprint density at radius 3 is 2.64 bits per heavy atom. The molecule has 0 bridgehead atoms. The molecular weight excluding hydrogens is 385 g/mol. The maximum atomic E-state index is 12.9. The number of rotatable bonds is 2. The number of alkyl halides is 3. The van der Waals surface area contributed by atoms with Gasteiger partial charge in [0.2, 0.25) is 0 Å². The minimum Gasteiger partial charge on any atom is -0.447 e. The highest BCUT2D eigenvalue weighted by molar-refractivity contribution is 9.10. The van der Waals surface area contributed by atoms with Gasteiger partial charge in [0.15, 0.2) is 11.2 Å². The lowest BCUT2D eigenvalue weighted by atomic mass is 10.2. The molecule has 1 atom stereocenters. The minimum atomic E-state index is -4.56. The molecular formula is C13H8BrF3N2O2S. The van der Waals surface area contributed by atoms with Crippen molar-refractivity contribution in [1.82, 2.24) is 4.98 Å².